The summed E-state index contributed by atoms with van der Waals surface area (Å²) in [7, 11) is 5.45. The van der Waals surface area contributed by atoms with Crippen LogP contribution in [0.2, 0.25) is 0 Å². The van der Waals surface area contributed by atoms with Crippen molar-refractivity contribution in [2.45, 2.75) is 6.42 Å². The van der Waals surface area contributed by atoms with Crippen LogP contribution in [0, 0.1) is 0 Å². The lowest BCUT2D eigenvalue weighted by molar-refractivity contribution is -0.130. The molecular weight excluding hydrogens is 482 g/mol. The molecule has 0 unspecified atom stereocenters. The number of rotatable bonds is 7. The molecule has 4 heterocycles. The number of nitrogens with one attached hydrogen (secondary N) is 1. The molecule has 1 aliphatic rings. The number of hydrogen-bond acceptors (Lipinski definition) is 7. The Kier molecular flexibility index (Phi) is 7.32. The molecule has 0 bridgehead atoms. The summed E-state index contributed by atoms with van der Waals surface area (Å²) in [5.74, 6) is 1.12. The maximum Gasteiger partial charge on any atom is 0.270 e. The van der Waals surface area contributed by atoms with Crippen molar-refractivity contribution in [2.75, 3.05) is 53.9 Å². The highest BCUT2D eigenvalue weighted by Crippen LogP contribution is 2.22. The highest BCUT2D eigenvalue weighted by molar-refractivity contribution is 5.98. The number of nitrogens with zero attached hydrogens (tertiary/aromatic N) is 6. The van der Waals surface area contributed by atoms with E-state index in [0.717, 1.165) is 42.6 Å². The lowest BCUT2D eigenvalue weighted by atomic mass is 10.1. The van der Waals surface area contributed by atoms with Crippen LogP contribution >= 0.6 is 0 Å². The number of amides is 2. The van der Waals surface area contributed by atoms with Crippen molar-refractivity contribution in [1.82, 2.24) is 34.6 Å². The molecule has 196 valence electrons. The van der Waals surface area contributed by atoms with Gasteiger partial charge in [-0.25, -0.2) is 9.97 Å². The Morgan fingerprint density at radius 3 is 2.55 bits per heavy atom. The molecule has 1 aliphatic heterocycles. The van der Waals surface area contributed by atoms with Crippen molar-refractivity contribution in [1.29, 1.82) is 0 Å². The summed E-state index contributed by atoms with van der Waals surface area (Å²) in [5.41, 5.74) is 3.88. The number of fused-ring (bicyclic) bond motifs is 1. The number of carbonyl (C=O) groups is 2. The molecule has 1 N–H and O–H groups in total. The minimum Gasteiger partial charge on any atom is -0.484 e. The van der Waals surface area contributed by atoms with Gasteiger partial charge in [-0.3, -0.25) is 14.6 Å². The fourth-order valence-corrected chi connectivity index (χ4v) is 4.31. The van der Waals surface area contributed by atoms with Crippen LogP contribution in [0.15, 0.2) is 54.9 Å². The van der Waals surface area contributed by atoms with Crippen molar-refractivity contribution >= 4 is 22.7 Å². The second-order valence-electron chi connectivity index (χ2n) is 9.69. The van der Waals surface area contributed by atoms with Crippen LogP contribution in [-0.2, 0) is 11.2 Å². The van der Waals surface area contributed by atoms with E-state index in [1.54, 1.807) is 44.7 Å². The Bertz CT molecular complexity index is 1460. The lowest BCUT2D eigenvalue weighted by Crippen LogP contribution is -2.47. The molecule has 4 aromatic rings. The molecule has 3 aromatic heterocycles. The molecule has 0 aliphatic carbocycles. The first kappa shape index (κ1) is 25.3. The Balaban J connectivity index is 1.29. The maximum atomic E-state index is 13.0. The first-order valence-electron chi connectivity index (χ1n) is 12.6. The first-order chi connectivity index (χ1) is 18.4. The van der Waals surface area contributed by atoms with Gasteiger partial charge in [0, 0.05) is 76.1 Å². The summed E-state index contributed by atoms with van der Waals surface area (Å²) >= 11 is 0. The molecule has 1 fully saturated rings. The molecule has 0 spiro atoms. The zero-order valence-corrected chi connectivity index (χ0v) is 21.8. The average Bonchev–Trinajstić information content (AvgIpc) is 3.35. The van der Waals surface area contributed by atoms with Gasteiger partial charge in [-0.2, -0.15) is 0 Å². The number of piperazine rings is 1. The standard InChI is InChI=1S/C28H31N7O3/c1-33(2)27(36)18-38-21-6-8-29-24(17-21)23-7-9-30-26(32-23)15-19-4-5-22-20(14-19)16-25(31-22)28(37)35-12-10-34(3)11-13-35/h4-9,14,16-17,31H,10-13,15,18H2,1-3H3. The Morgan fingerprint density at radius 1 is 0.974 bits per heavy atom. The second-order valence-corrected chi connectivity index (χ2v) is 9.69. The van der Waals surface area contributed by atoms with Gasteiger partial charge in [-0.1, -0.05) is 6.07 Å². The maximum absolute atomic E-state index is 13.0. The van der Waals surface area contributed by atoms with E-state index in [2.05, 4.69) is 33.0 Å². The van der Waals surface area contributed by atoms with Gasteiger partial charge < -0.3 is 24.4 Å². The van der Waals surface area contributed by atoms with Gasteiger partial charge in [0.05, 0.1) is 11.4 Å². The normalized spacial score (nSPS) is 14.0. The van der Waals surface area contributed by atoms with E-state index in [-0.39, 0.29) is 18.4 Å². The van der Waals surface area contributed by atoms with Crippen molar-refractivity contribution < 1.29 is 14.3 Å². The summed E-state index contributed by atoms with van der Waals surface area (Å²) in [6.45, 7) is 3.20. The minimum atomic E-state index is -0.122. The summed E-state index contributed by atoms with van der Waals surface area (Å²) in [6.07, 6.45) is 3.88. The number of likely N-dealkylation sites (N-methyl/N-ethyl adjacent to an activating group) is 2. The number of H-pyrrole nitrogens is 1. The van der Waals surface area contributed by atoms with E-state index in [9.17, 15) is 9.59 Å². The Hall–Kier alpha value is -4.31. The first-order valence-corrected chi connectivity index (χ1v) is 12.6. The lowest BCUT2D eigenvalue weighted by Gasteiger charge is -2.32. The van der Waals surface area contributed by atoms with Gasteiger partial charge >= 0.3 is 0 Å². The third-order valence-electron chi connectivity index (χ3n) is 6.63. The van der Waals surface area contributed by atoms with Crippen molar-refractivity contribution in [3.63, 3.8) is 0 Å². The SMILES string of the molecule is CN1CCN(C(=O)c2cc3cc(Cc4nccc(-c5cc(OCC(=O)N(C)C)ccn5)n4)ccc3[nH]2)CC1. The van der Waals surface area contributed by atoms with Crippen LogP contribution in [0.25, 0.3) is 22.3 Å². The average molecular weight is 514 g/mol. The third kappa shape index (κ3) is 5.81. The van der Waals surface area contributed by atoms with Gasteiger partial charge in [0.25, 0.3) is 11.8 Å². The number of aromatic amines is 1. The van der Waals surface area contributed by atoms with Gasteiger partial charge in [0.2, 0.25) is 0 Å². The van der Waals surface area contributed by atoms with E-state index in [1.807, 2.05) is 23.1 Å². The fraction of sp³-hybridized carbons (Fsp3) is 0.321. The van der Waals surface area contributed by atoms with E-state index in [4.69, 9.17) is 9.72 Å². The van der Waals surface area contributed by atoms with Crippen LogP contribution in [-0.4, -0.2) is 100 Å². The summed E-state index contributed by atoms with van der Waals surface area (Å²) in [5, 5.41) is 0.981. The van der Waals surface area contributed by atoms with E-state index in [0.29, 0.717) is 35.1 Å². The molecule has 10 heteroatoms. The zero-order chi connectivity index (χ0) is 26.6. The third-order valence-corrected chi connectivity index (χ3v) is 6.63. The monoisotopic (exact) mass is 513 g/mol. The van der Waals surface area contributed by atoms with Crippen LogP contribution in [0.3, 0.4) is 0 Å². The highest BCUT2D eigenvalue weighted by Gasteiger charge is 2.21. The molecule has 1 aromatic carbocycles. The topological polar surface area (TPSA) is 108 Å². The predicted molar refractivity (Wildman–Crippen MR) is 144 cm³/mol. The van der Waals surface area contributed by atoms with Crippen molar-refractivity contribution in [2.24, 2.45) is 0 Å². The predicted octanol–water partition coefficient (Wildman–Crippen LogP) is 2.47. The van der Waals surface area contributed by atoms with Crippen LogP contribution in [0.4, 0.5) is 0 Å². The number of aromatic nitrogens is 4. The zero-order valence-electron chi connectivity index (χ0n) is 21.8. The number of pyridine rings is 1. The second kappa shape index (κ2) is 11.0. The number of benzene rings is 1. The summed E-state index contributed by atoms with van der Waals surface area (Å²) in [4.78, 5) is 47.3. The van der Waals surface area contributed by atoms with Gasteiger partial charge in [0.1, 0.15) is 17.3 Å². The number of ether oxygens (including phenoxy) is 1. The molecular formula is C28H31N7O3. The van der Waals surface area contributed by atoms with Crippen LogP contribution in [0.5, 0.6) is 5.75 Å². The molecule has 1 saturated heterocycles. The molecule has 0 radical (unpaired) electrons. The van der Waals surface area contributed by atoms with Gasteiger partial charge in [0.15, 0.2) is 6.61 Å². The molecule has 0 atom stereocenters. The van der Waals surface area contributed by atoms with Gasteiger partial charge in [-0.15, -0.1) is 0 Å². The van der Waals surface area contributed by atoms with Crippen LogP contribution < -0.4 is 4.74 Å². The minimum absolute atomic E-state index is 0.0386. The van der Waals surface area contributed by atoms with E-state index >= 15 is 0 Å². The number of carbonyl (C=O) groups excluding carboxylic acids is 2. The fourth-order valence-electron chi connectivity index (χ4n) is 4.31. The van der Waals surface area contributed by atoms with E-state index < -0.39 is 0 Å². The Morgan fingerprint density at radius 2 is 1.76 bits per heavy atom. The van der Waals surface area contributed by atoms with E-state index in [1.165, 1.54) is 4.90 Å². The molecule has 5 rings (SSSR count). The molecule has 10 nitrogen and oxygen atoms in total. The summed E-state index contributed by atoms with van der Waals surface area (Å²) in [6, 6.07) is 13.3. The summed E-state index contributed by atoms with van der Waals surface area (Å²) < 4.78 is 5.61. The van der Waals surface area contributed by atoms with Crippen molar-refractivity contribution in [3.05, 3.63) is 71.9 Å². The molecule has 38 heavy (non-hydrogen) atoms. The van der Waals surface area contributed by atoms with Crippen LogP contribution in [0.1, 0.15) is 21.9 Å². The largest absolute Gasteiger partial charge is 0.484 e. The van der Waals surface area contributed by atoms with Crippen molar-refractivity contribution in [3.8, 4) is 17.1 Å². The number of hydrogen-bond donors (Lipinski definition) is 1. The quantitative estimate of drug-likeness (QED) is 0.405. The smallest absolute Gasteiger partial charge is 0.270 e. The molecule has 0 saturated carbocycles. The molecule has 2 amide bonds. The highest BCUT2D eigenvalue weighted by atomic mass is 16.5. The Labute approximate surface area is 221 Å². The van der Waals surface area contributed by atoms with Gasteiger partial charge in [-0.05, 0) is 42.9 Å².